The molecule has 0 spiro atoms. The molecule has 2 aromatic carbocycles. The van der Waals surface area contributed by atoms with Gasteiger partial charge in [-0.1, -0.05) is 95.3 Å². The Balaban J connectivity index is 2.96. The van der Waals surface area contributed by atoms with E-state index in [1.54, 1.807) is 10.6 Å². The molecule has 0 unspecified atom stereocenters. The molecule has 0 heterocycles. The van der Waals surface area contributed by atoms with Crippen molar-refractivity contribution < 1.29 is 0 Å². The van der Waals surface area contributed by atoms with Crippen LogP contribution in [0.5, 0.6) is 0 Å². The molecule has 0 N–H and O–H groups in total. The lowest BCUT2D eigenvalue weighted by molar-refractivity contribution is 1.27. The molecular formula is C22H38PSi3+. The molecule has 0 aliphatic rings. The summed E-state index contributed by atoms with van der Waals surface area (Å²) in [5, 5.41) is 3.24. The highest BCUT2D eigenvalue weighted by atomic mass is 31.1. The average molecular weight is 418 g/mol. The van der Waals surface area contributed by atoms with Crippen LogP contribution in [0.25, 0.3) is 0 Å². The van der Waals surface area contributed by atoms with Crippen LogP contribution in [0.3, 0.4) is 0 Å². The van der Waals surface area contributed by atoms with Crippen molar-refractivity contribution in [3.8, 4) is 0 Å². The molecule has 0 amide bonds. The van der Waals surface area contributed by atoms with Gasteiger partial charge in [0.25, 0.3) is 0 Å². The fraction of sp³-hybridized carbons (Fsp3) is 0.455. The Morgan fingerprint density at radius 2 is 0.769 bits per heavy atom. The summed E-state index contributed by atoms with van der Waals surface area (Å²) in [6.07, 6.45) is 0. The standard InChI is InChI=1S/C22H37PSi3/c1-24(2,3)22(25(4,5)6,26(7,8)9)23(20-16-12-10-13-17-20)21-18-14-11-15-19-21/h10-19H,1-9H3/p+1. The van der Waals surface area contributed by atoms with Crippen LogP contribution in [-0.2, 0) is 0 Å². The molecule has 0 saturated heterocycles. The van der Waals surface area contributed by atoms with Crippen molar-refractivity contribution in [2.75, 3.05) is 0 Å². The zero-order chi connectivity index (χ0) is 19.8. The second-order valence-electron chi connectivity index (χ2n) is 10.6. The van der Waals surface area contributed by atoms with E-state index in [1.807, 2.05) is 0 Å². The number of hydrogen-bond acceptors (Lipinski definition) is 0. The SMILES string of the molecule is C[Si](C)(C)C([PH+](c1ccccc1)c1ccccc1)([Si](C)(C)C)[Si](C)(C)C. The highest BCUT2D eigenvalue weighted by molar-refractivity contribution is 7.83. The Morgan fingerprint density at radius 3 is 1.00 bits per heavy atom. The van der Waals surface area contributed by atoms with E-state index in [0.29, 0.717) is 4.03 Å². The van der Waals surface area contributed by atoms with Gasteiger partial charge in [0, 0.05) is 0 Å². The quantitative estimate of drug-likeness (QED) is 0.386. The number of hydrogen-bond donors (Lipinski definition) is 0. The summed E-state index contributed by atoms with van der Waals surface area (Å²) in [6.45, 7) is 24.0. The second-order valence-corrected chi connectivity index (χ2v) is 32.0. The third-order valence-electron chi connectivity index (χ3n) is 5.87. The number of benzene rings is 2. The molecule has 0 aromatic heterocycles. The summed E-state index contributed by atoms with van der Waals surface area (Å²) < 4.78 is 0.556. The summed E-state index contributed by atoms with van der Waals surface area (Å²) >= 11 is 0. The first kappa shape index (κ1) is 21.8. The first-order valence-electron chi connectivity index (χ1n) is 9.82. The van der Waals surface area contributed by atoms with E-state index in [9.17, 15) is 0 Å². The Labute approximate surface area is 166 Å². The Hall–Kier alpha value is -0.479. The van der Waals surface area contributed by atoms with E-state index in [1.165, 1.54) is 0 Å². The van der Waals surface area contributed by atoms with Crippen molar-refractivity contribution >= 4 is 42.8 Å². The molecule has 2 aromatic rings. The third kappa shape index (κ3) is 3.73. The van der Waals surface area contributed by atoms with Gasteiger partial charge >= 0.3 is 0 Å². The van der Waals surface area contributed by atoms with E-state index in [-0.39, 0.29) is 0 Å². The molecule has 2 rings (SSSR count). The van der Waals surface area contributed by atoms with Crippen LogP contribution in [0.1, 0.15) is 0 Å². The van der Waals surface area contributed by atoms with Crippen molar-refractivity contribution in [2.24, 2.45) is 0 Å². The molecule has 0 saturated carbocycles. The molecule has 142 valence electrons. The summed E-state index contributed by atoms with van der Waals surface area (Å²) in [4.78, 5) is 0. The van der Waals surface area contributed by atoms with Gasteiger partial charge in [0.2, 0.25) is 0 Å². The predicted octanol–water partition coefficient (Wildman–Crippen LogP) is 6.22. The van der Waals surface area contributed by atoms with Crippen LogP contribution in [0.15, 0.2) is 60.7 Å². The number of rotatable bonds is 6. The van der Waals surface area contributed by atoms with Gasteiger partial charge in [-0.25, -0.2) is 0 Å². The molecule has 0 aliphatic carbocycles. The monoisotopic (exact) mass is 417 g/mol. The zero-order valence-electron chi connectivity index (χ0n) is 18.3. The first-order valence-corrected chi connectivity index (χ1v) is 21.8. The van der Waals surface area contributed by atoms with E-state index in [4.69, 9.17) is 0 Å². The van der Waals surface area contributed by atoms with Crippen LogP contribution in [-0.4, -0.2) is 28.2 Å². The largest absolute Gasteiger partial charge is 0.0962 e. The third-order valence-corrected chi connectivity index (χ3v) is 37.7. The summed E-state index contributed by atoms with van der Waals surface area (Å²) in [7, 11) is -5.29. The fourth-order valence-electron chi connectivity index (χ4n) is 6.31. The van der Waals surface area contributed by atoms with Crippen LogP contribution in [0.2, 0.25) is 58.9 Å². The molecule has 0 atom stereocenters. The maximum absolute atomic E-state index is 2.67. The van der Waals surface area contributed by atoms with Crippen LogP contribution < -0.4 is 10.6 Å². The lowest BCUT2D eigenvalue weighted by Gasteiger charge is -2.58. The molecule has 0 fully saturated rings. The van der Waals surface area contributed by atoms with Gasteiger partial charge in [0.15, 0.2) is 0 Å². The summed E-state index contributed by atoms with van der Waals surface area (Å²) in [6, 6.07) is 23.1. The Bertz CT molecular complexity index is 631. The maximum Gasteiger partial charge on any atom is 0.0962 e. The minimum absolute atomic E-state index is 0.556. The minimum Gasteiger partial charge on any atom is -0.0664 e. The van der Waals surface area contributed by atoms with Gasteiger partial charge < -0.3 is 0 Å². The molecule has 0 nitrogen and oxygen atoms in total. The molecule has 0 bridgehead atoms. The smallest absolute Gasteiger partial charge is 0.0664 e. The van der Waals surface area contributed by atoms with Crippen LogP contribution >= 0.6 is 7.92 Å². The first-order chi connectivity index (χ1) is 11.8. The molecule has 0 radical (unpaired) electrons. The van der Waals surface area contributed by atoms with E-state index < -0.39 is 32.1 Å². The Morgan fingerprint density at radius 1 is 0.500 bits per heavy atom. The highest BCUT2D eigenvalue weighted by Crippen LogP contribution is 2.61. The molecule has 0 aliphatic heterocycles. The minimum atomic E-state index is -1.47. The lowest BCUT2D eigenvalue weighted by atomic mass is 10.4. The van der Waals surface area contributed by atoms with Gasteiger partial charge in [0.05, 0.1) is 46.8 Å². The molecular weight excluding hydrogens is 379 g/mol. The fourth-order valence-corrected chi connectivity index (χ4v) is 47.2. The van der Waals surface area contributed by atoms with E-state index >= 15 is 0 Å². The average Bonchev–Trinajstić information content (AvgIpc) is 2.50. The van der Waals surface area contributed by atoms with Crippen molar-refractivity contribution in [1.29, 1.82) is 0 Å². The van der Waals surface area contributed by atoms with E-state index in [2.05, 4.69) is 120 Å². The van der Waals surface area contributed by atoms with Gasteiger partial charge in [-0.3, -0.25) is 0 Å². The summed E-state index contributed by atoms with van der Waals surface area (Å²) in [5.74, 6) is 0. The van der Waals surface area contributed by atoms with Gasteiger partial charge in [-0.05, 0) is 24.3 Å². The Kier molecular flexibility index (Phi) is 6.30. The van der Waals surface area contributed by atoms with Crippen molar-refractivity contribution in [3.05, 3.63) is 60.7 Å². The topological polar surface area (TPSA) is 0 Å². The van der Waals surface area contributed by atoms with Crippen molar-refractivity contribution in [1.82, 2.24) is 0 Å². The molecule has 26 heavy (non-hydrogen) atoms. The van der Waals surface area contributed by atoms with Gasteiger partial charge in [0.1, 0.15) is 0 Å². The maximum atomic E-state index is 2.67. The molecule has 4 heteroatoms. The van der Waals surface area contributed by atoms with Gasteiger partial charge in [-0.15, -0.1) is 0 Å². The van der Waals surface area contributed by atoms with Crippen LogP contribution in [0.4, 0.5) is 0 Å². The zero-order valence-corrected chi connectivity index (χ0v) is 22.3. The van der Waals surface area contributed by atoms with Gasteiger partial charge in [-0.2, -0.15) is 0 Å². The highest BCUT2D eigenvalue weighted by Gasteiger charge is 2.69. The van der Waals surface area contributed by atoms with Crippen LogP contribution in [0, 0.1) is 0 Å². The lowest BCUT2D eigenvalue weighted by Crippen LogP contribution is -2.77. The van der Waals surface area contributed by atoms with Crippen molar-refractivity contribution in [3.63, 3.8) is 0 Å². The predicted molar refractivity (Wildman–Crippen MR) is 133 cm³/mol. The van der Waals surface area contributed by atoms with Crippen molar-refractivity contribution in [2.45, 2.75) is 62.9 Å². The normalized spacial score (nSPS) is 13.9. The second kappa shape index (κ2) is 7.50. The summed E-state index contributed by atoms with van der Waals surface area (Å²) in [5.41, 5.74) is 0. The van der Waals surface area contributed by atoms with E-state index in [0.717, 1.165) is 0 Å².